The van der Waals surface area contributed by atoms with Gasteiger partial charge in [0, 0.05) is 44.0 Å². The van der Waals surface area contributed by atoms with Gasteiger partial charge in [-0.3, -0.25) is 9.69 Å². The molecule has 6 nitrogen and oxygen atoms in total. The van der Waals surface area contributed by atoms with E-state index in [9.17, 15) is 4.79 Å². The van der Waals surface area contributed by atoms with Gasteiger partial charge in [-0.1, -0.05) is 56.8 Å². The molecule has 2 aromatic rings. The Hall–Kier alpha value is -3.45. The largest absolute Gasteiger partial charge is 0.386 e. The van der Waals surface area contributed by atoms with Crippen LogP contribution >= 0.6 is 0 Å². The Bertz CT molecular complexity index is 1040. The third-order valence-corrected chi connectivity index (χ3v) is 6.43. The summed E-state index contributed by atoms with van der Waals surface area (Å²) in [5.41, 5.74) is 8.50. The average Bonchev–Trinajstić information content (AvgIpc) is 2.86. The van der Waals surface area contributed by atoms with Crippen LogP contribution in [0.4, 0.5) is 15.8 Å². The quantitative estimate of drug-likeness (QED) is 0.283. The Labute approximate surface area is 208 Å². The average molecular weight is 478 g/mol. The molecule has 0 spiro atoms. The maximum absolute atomic E-state index is 15.0. The van der Waals surface area contributed by atoms with E-state index in [1.165, 1.54) is 6.07 Å². The van der Waals surface area contributed by atoms with Gasteiger partial charge in [0.2, 0.25) is 5.91 Å². The van der Waals surface area contributed by atoms with Gasteiger partial charge in [0.25, 0.3) is 0 Å². The van der Waals surface area contributed by atoms with Crippen molar-refractivity contribution in [1.82, 2.24) is 4.90 Å². The standard InChI is InChI=1S/C28H36FN5O/c1-4-7-15-31-27(30)26(22-11-9-8-10-12-22)34-18-16-33(17-19-34)25-14-13-23(20-24(25)29)32-28(35)21(5-2)6-3/h4,7-15,20-21,26H,1,5-6,16-19H2,2-3H3,(H2,30,31)(H,32,35)/b15-7-. The van der Waals surface area contributed by atoms with E-state index >= 15 is 4.39 Å². The molecule has 1 aliphatic rings. The molecule has 7 heteroatoms. The molecule has 0 aromatic heterocycles. The van der Waals surface area contributed by atoms with Crippen LogP contribution in [0.25, 0.3) is 0 Å². The van der Waals surface area contributed by atoms with Gasteiger partial charge in [0.05, 0.1) is 11.7 Å². The molecule has 35 heavy (non-hydrogen) atoms. The van der Waals surface area contributed by atoms with Gasteiger partial charge in [-0.05, 0) is 42.7 Å². The third-order valence-electron chi connectivity index (χ3n) is 6.43. The van der Waals surface area contributed by atoms with E-state index in [4.69, 9.17) is 5.73 Å². The summed E-state index contributed by atoms with van der Waals surface area (Å²) in [6.45, 7) is 10.3. The zero-order valence-electron chi connectivity index (χ0n) is 20.7. The van der Waals surface area contributed by atoms with Crippen molar-refractivity contribution in [2.24, 2.45) is 16.6 Å². The highest BCUT2D eigenvalue weighted by Gasteiger charge is 2.28. The zero-order valence-corrected chi connectivity index (χ0v) is 20.7. The van der Waals surface area contributed by atoms with Crippen LogP contribution in [0.5, 0.6) is 0 Å². The lowest BCUT2D eigenvalue weighted by molar-refractivity contribution is -0.120. The number of piperazine rings is 1. The molecule has 186 valence electrons. The van der Waals surface area contributed by atoms with Crippen molar-refractivity contribution in [2.45, 2.75) is 32.7 Å². The maximum atomic E-state index is 15.0. The van der Waals surface area contributed by atoms with Crippen LogP contribution in [-0.2, 0) is 4.79 Å². The summed E-state index contributed by atoms with van der Waals surface area (Å²) in [7, 11) is 0. The van der Waals surface area contributed by atoms with E-state index in [2.05, 4.69) is 21.8 Å². The number of anilines is 2. The number of nitrogens with two attached hydrogens (primary N) is 1. The van der Waals surface area contributed by atoms with Crippen LogP contribution in [0.3, 0.4) is 0 Å². The van der Waals surface area contributed by atoms with Crippen molar-refractivity contribution in [3.63, 3.8) is 0 Å². The van der Waals surface area contributed by atoms with E-state index in [1.54, 1.807) is 30.5 Å². The first-order valence-electron chi connectivity index (χ1n) is 12.2. The molecule has 1 saturated heterocycles. The molecule has 0 radical (unpaired) electrons. The highest BCUT2D eigenvalue weighted by atomic mass is 19.1. The van der Waals surface area contributed by atoms with Crippen molar-refractivity contribution < 1.29 is 9.18 Å². The van der Waals surface area contributed by atoms with Crippen LogP contribution in [0.2, 0.25) is 0 Å². The van der Waals surface area contributed by atoms with Gasteiger partial charge < -0.3 is 16.0 Å². The molecule has 1 fully saturated rings. The van der Waals surface area contributed by atoms with Gasteiger partial charge in [-0.15, -0.1) is 0 Å². The van der Waals surface area contributed by atoms with Crippen molar-refractivity contribution >= 4 is 23.1 Å². The summed E-state index contributed by atoms with van der Waals surface area (Å²) in [6, 6.07) is 14.8. The first-order chi connectivity index (χ1) is 17.0. The molecule has 3 rings (SSSR count). The van der Waals surface area contributed by atoms with E-state index < -0.39 is 0 Å². The fourth-order valence-electron chi connectivity index (χ4n) is 4.43. The molecule has 0 saturated carbocycles. The minimum Gasteiger partial charge on any atom is -0.386 e. The van der Waals surface area contributed by atoms with E-state index in [1.807, 2.05) is 49.1 Å². The molecule has 1 atom stereocenters. The summed E-state index contributed by atoms with van der Waals surface area (Å²) < 4.78 is 15.0. The molecular weight excluding hydrogens is 441 g/mol. The third kappa shape index (κ3) is 6.79. The number of allylic oxidation sites excluding steroid dienone is 2. The highest BCUT2D eigenvalue weighted by Crippen LogP contribution is 2.28. The van der Waals surface area contributed by atoms with Gasteiger partial charge >= 0.3 is 0 Å². The lowest BCUT2D eigenvalue weighted by Crippen LogP contribution is -2.50. The summed E-state index contributed by atoms with van der Waals surface area (Å²) in [6.07, 6.45) is 6.57. The Balaban J connectivity index is 1.70. The summed E-state index contributed by atoms with van der Waals surface area (Å²) in [5.74, 6) is 0.0408. The Morgan fingerprint density at radius 2 is 1.83 bits per heavy atom. The summed E-state index contributed by atoms with van der Waals surface area (Å²) in [4.78, 5) is 21.1. The first kappa shape index (κ1) is 26.2. The second kappa shape index (κ2) is 12.9. The van der Waals surface area contributed by atoms with Crippen LogP contribution in [-0.4, -0.2) is 42.8 Å². The Kier molecular flexibility index (Phi) is 9.61. The Morgan fingerprint density at radius 3 is 2.43 bits per heavy atom. The predicted molar refractivity (Wildman–Crippen MR) is 143 cm³/mol. The SMILES string of the molecule is C=C/C=C\N=C(N)C(c1ccccc1)N1CCN(c2ccc(NC(=O)C(CC)CC)cc2F)CC1. The van der Waals surface area contributed by atoms with Crippen molar-refractivity contribution in [3.05, 3.63) is 84.8 Å². The molecule has 1 aliphatic heterocycles. The molecule has 0 bridgehead atoms. The van der Waals surface area contributed by atoms with E-state index in [0.717, 1.165) is 18.4 Å². The normalized spacial score (nSPS) is 16.0. The number of halogens is 1. The second-order valence-electron chi connectivity index (χ2n) is 8.64. The van der Waals surface area contributed by atoms with Crippen LogP contribution < -0.4 is 16.0 Å². The lowest BCUT2D eigenvalue weighted by atomic mass is 10.0. The summed E-state index contributed by atoms with van der Waals surface area (Å²) >= 11 is 0. The fourth-order valence-corrected chi connectivity index (χ4v) is 4.43. The number of nitrogens with one attached hydrogen (secondary N) is 1. The van der Waals surface area contributed by atoms with Crippen LogP contribution in [0, 0.1) is 11.7 Å². The number of nitrogens with zero attached hydrogens (tertiary/aromatic N) is 3. The minimum atomic E-state index is -0.337. The van der Waals surface area contributed by atoms with Gasteiger partial charge in [-0.25, -0.2) is 9.38 Å². The van der Waals surface area contributed by atoms with Crippen LogP contribution in [0.15, 0.2) is 78.5 Å². The molecule has 0 aliphatic carbocycles. The number of carbonyl (C=O) groups excluding carboxylic acids is 1. The number of hydrogen-bond donors (Lipinski definition) is 2. The molecule has 1 heterocycles. The van der Waals surface area contributed by atoms with E-state index in [-0.39, 0.29) is 23.7 Å². The second-order valence-corrected chi connectivity index (χ2v) is 8.64. The molecule has 2 aromatic carbocycles. The minimum absolute atomic E-state index is 0.0633. The monoisotopic (exact) mass is 477 g/mol. The molecule has 1 amide bonds. The first-order valence-corrected chi connectivity index (χ1v) is 12.2. The van der Waals surface area contributed by atoms with Gasteiger partial charge in [-0.2, -0.15) is 0 Å². The van der Waals surface area contributed by atoms with Crippen molar-refractivity contribution in [1.29, 1.82) is 0 Å². The fraction of sp³-hybridized carbons (Fsp3) is 0.357. The zero-order chi connectivity index (χ0) is 25.2. The predicted octanol–water partition coefficient (Wildman–Crippen LogP) is 5.12. The smallest absolute Gasteiger partial charge is 0.227 e. The van der Waals surface area contributed by atoms with Gasteiger partial charge in [0.1, 0.15) is 11.7 Å². The maximum Gasteiger partial charge on any atom is 0.227 e. The number of benzene rings is 2. The highest BCUT2D eigenvalue weighted by molar-refractivity contribution is 5.92. The van der Waals surface area contributed by atoms with E-state index in [0.29, 0.717) is 43.4 Å². The van der Waals surface area contributed by atoms with Crippen molar-refractivity contribution in [2.75, 3.05) is 36.4 Å². The number of hydrogen-bond acceptors (Lipinski definition) is 4. The lowest BCUT2D eigenvalue weighted by Gasteiger charge is -2.40. The Morgan fingerprint density at radius 1 is 1.14 bits per heavy atom. The number of carbonyl (C=O) groups is 1. The topological polar surface area (TPSA) is 74.0 Å². The summed E-state index contributed by atoms with van der Waals surface area (Å²) in [5, 5.41) is 2.84. The van der Waals surface area contributed by atoms with Crippen molar-refractivity contribution in [3.8, 4) is 0 Å². The number of rotatable bonds is 10. The molecule has 3 N–H and O–H groups in total. The molecule has 1 unspecified atom stereocenters. The number of amides is 1. The number of aliphatic imine (C=N–C) groups is 1. The molecular formula is C28H36FN5O. The number of amidine groups is 1. The van der Waals surface area contributed by atoms with Crippen LogP contribution in [0.1, 0.15) is 38.3 Å². The van der Waals surface area contributed by atoms with Gasteiger partial charge in [0.15, 0.2) is 0 Å².